The summed E-state index contributed by atoms with van der Waals surface area (Å²) in [5, 5.41) is 1.80. The number of aryl methyl sites for hydroxylation is 1. The summed E-state index contributed by atoms with van der Waals surface area (Å²) in [5.74, 6) is 1.67. The van der Waals surface area contributed by atoms with Gasteiger partial charge in [0.15, 0.2) is 12.0 Å². The Kier molecular flexibility index (Phi) is 2.56. The zero-order valence-corrected chi connectivity index (χ0v) is 10.2. The average Bonchev–Trinajstić information content (AvgIpc) is 2.70. The molecular formula is C12H18N2O2. The van der Waals surface area contributed by atoms with Crippen LogP contribution in [0.4, 0.5) is 0 Å². The van der Waals surface area contributed by atoms with Crippen molar-refractivity contribution >= 4 is 5.70 Å². The summed E-state index contributed by atoms with van der Waals surface area (Å²) in [7, 11) is 0. The van der Waals surface area contributed by atoms with E-state index in [-0.39, 0.29) is 5.54 Å². The van der Waals surface area contributed by atoms with Crippen LogP contribution in [0.3, 0.4) is 0 Å². The number of rotatable bonds is 1. The fraction of sp³-hybridized carbons (Fsp3) is 0.500. The number of hydroxylamine groups is 2. The molecule has 1 unspecified atom stereocenters. The normalized spacial score (nSPS) is 21.4. The first kappa shape index (κ1) is 11.2. The Labute approximate surface area is 95.6 Å². The molecule has 1 aliphatic heterocycles. The maximum Gasteiger partial charge on any atom is 0.155 e. The standard InChI is InChI=1S/C12H18N2O2/c1-8-5-6-10(15-8)9-7-11(13)16-14(9)12(2,3)4/h5-7,11H,13H2,1-4H3. The van der Waals surface area contributed by atoms with Crippen molar-refractivity contribution in [1.29, 1.82) is 0 Å². The summed E-state index contributed by atoms with van der Waals surface area (Å²) >= 11 is 0. The van der Waals surface area contributed by atoms with Gasteiger partial charge in [-0.2, -0.15) is 0 Å². The number of nitrogens with two attached hydrogens (primary N) is 1. The van der Waals surface area contributed by atoms with E-state index in [0.29, 0.717) is 0 Å². The minimum atomic E-state index is -0.403. The molecule has 16 heavy (non-hydrogen) atoms. The maximum atomic E-state index is 5.77. The number of hydrogen-bond acceptors (Lipinski definition) is 4. The Morgan fingerprint density at radius 2 is 2.00 bits per heavy atom. The minimum Gasteiger partial charge on any atom is -0.460 e. The Balaban J connectivity index is 2.35. The van der Waals surface area contributed by atoms with Gasteiger partial charge >= 0.3 is 0 Å². The first-order valence-electron chi connectivity index (χ1n) is 5.39. The molecule has 1 aromatic heterocycles. The van der Waals surface area contributed by atoms with Crippen LogP contribution < -0.4 is 5.73 Å². The van der Waals surface area contributed by atoms with E-state index in [1.165, 1.54) is 0 Å². The molecule has 0 saturated heterocycles. The van der Waals surface area contributed by atoms with E-state index in [1.54, 1.807) is 5.06 Å². The van der Waals surface area contributed by atoms with Gasteiger partial charge in [0.1, 0.15) is 11.5 Å². The summed E-state index contributed by atoms with van der Waals surface area (Å²) < 4.78 is 5.60. The van der Waals surface area contributed by atoms with E-state index in [9.17, 15) is 0 Å². The lowest BCUT2D eigenvalue weighted by atomic mass is 10.1. The van der Waals surface area contributed by atoms with E-state index >= 15 is 0 Å². The van der Waals surface area contributed by atoms with Crippen molar-refractivity contribution in [3.8, 4) is 0 Å². The molecular weight excluding hydrogens is 204 g/mol. The van der Waals surface area contributed by atoms with Crippen molar-refractivity contribution in [1.82, 2.24) is 5.06 Å². The molecule has 0 amide bonds. The van der Waals surface area contributed by atoms with Crippen LogP contribution in [0.1, 0.15) is 32.3 Å². The van der Waals surface area contributed by atoms with Crippen LogP contribution in [0.15, 0.2) is 22.6 Å². The van der Waals surface area contributed by atoms with Gasteiger partial charge in [-0.1, -0.05) is 0 Å². The second kappa shape index (κ2) is 3.64. The highest BCUT2D eigenvalue weighted by atomic mass is 16.7. The molecule has 2 N–H and O–H groups in total. The highest BCUT2D eigenvalue weighted by molar-refractivity contribution is 5.61. The Morgan fingerprint density at radius 3 is 2.50 bits per heavy atom. The molecule has 4 nitrogen and oxygen atoms in total. The van der Waals surface area contributed by atoms with Crippen molar-refractivity contribution in [3.63, 3.8) is 0 Å². The van der Waals surface area contributed by atoms with Gasteiger partial charge in [-0.15, -0.1) is 0 Å². The zero-order valence-electron chi connectivity index (χ0n) is 10.2. The van der Waals surface area contributed by atoms with Crippen LogP contribution in [0.5, 0.6) is 0 Å². The summed E-state index contributed by atoms with van der Waals surface area (Å²) in [6.45, 7) is 8.11. The van der Waals surface area contributed by atoms with Gasteiger partial charge in [-0.3, -0.25) is 0 Å². The SMILES string of the molecule is Cc1ccc(C2=CC(N)ON2C(C)(C)C)o1. The zero-order chi connectivity index (χ0) is 11.9. The monoisotopic (exact) mass is 222 g/mol. The molecule has 2 rings (SSSR count). The summed E-state index contributed by atoms with van der Waals surface area (Å²) in [6.07, 6.45) is 1.46. The lowest BCUT2D eigenvalue weighted by molar-refractivity contribution is -0.168. The molecule has 0 saturated carbocycles. The molecule has 2 heterocycles. The third-order valence-electron chi connectivity index (χ3n) is 2.37. The van der Waals surface area contributed by atoms with Crippen LogP contribution >= 0.6 is 0 Å². The third-order valence-corrected chi connectivity index (χ3v) is 2.37. The lowest BCUT2D eigenvalue weighted by Crippen LogP contribution is -2.39. The Morgan fingerprint density at radius 1 is 1.31 bits per heavy atom. The second-order valence-electron chi connectivity index (χ2n) is 5.00. The second-order valence-corrected chi connectivity index (χ2v) is 5.00. The highest BCUT2D eigenvalue weighted by Gasteiger charge is 2.33. The van der Waals surface area contributed by atoms with E-state index < -0.39 is 6.23 Å². The highest BCUT2D eigenvalue weighted by Crippen LogP contribution is 2.33. The Hall–Kier alpha value is -1.26. The van der Waals surface area contributed by atoms with Gasteiger partial charge in [0.25, 0.3) is 0 Å². The molecule has 1 aliphatic rings. The predicted molar refractivity (Wildman–Crippen MR) is 62.1 cm³/mol. The molecule has 0 aliphatic carbocycles. The van der Waals surface area contributed by atoms with E-state index in [1.807, 2.05) is 25.1 Å². The van der Waals surface area contributed by atoms with Gasteiger partial charge in [0.2, 0.25) is 0 Å². The van der Waals surface area contributed by atoms with Gasteiger partial charge in [0, 0.05) is 0 Å². The largest absolute Gasteiger partial charge is 0.460 e. The van der Waals surface area contributed by atoms with Crippen LogP contribution in [-0.2, 0) is 4.84 Å². The van der Waals surface area contributed by atoms with Gasteiger partial charge in [-0.25, -0.2) is 9.90 Å². The van der Waals surface area contributed by atoms with Gasteiger partial charge in [0.05, 0.1) is 5.54 Å². The molecule has 1 atom stereocenters. The number of nitrogens with zero attached hydrogens (tertiary/aromatic N) is 1. The van der Waals surface area contributed by atoms with Crippen molar-refractivity contribution < 1.29 is 9.25 Å². The third kappa shape index (κ3) is 1.99. The molecule has 88 valence electrons. The molecule has 0 bridgehead atoms. The summed E-state index contributed by atoms with van der Waals surface area (Å²) in [4.78, 5) is 5.56. The summed E-state index contributed by atoms with van der Waals surface area (Å²) in [5.41, 5.74) is 6.52. The average molecular weight is 222 g/mol. The van der Waals surface area contributed by atoms with E-state index in [0.717, 1.165) is 17.2 Å². The minimum absolute atomic E-state index is 0.152. The van der Waals surface area contributed by atoms with Crippen molar-refractivity contribution in [2.75, 3.05) is 0 Å². The quantitative estimate of drug-likeness (QED) is 0.791. The van der Waals surface area contributed by atoms with Crippen molar-refractivity contribution in [2.45, 2.75) is 39.5 Å². The summed E-state index contributed by atoms with van der Waals surface area (Å²) in [6, 6.07) is 3.86. The lowest BCUT2D eigenvalue weighted by Gasteiger charge is -2.33. The van der Waals surface area contributed by atoms with Gasteiger partial charge in [-0.05, 0) is 45.9 Å². The van der Waals surface area contributed by atoms with Crippen LogP contribution in [0.25, 0.3) is 5.70 Å². The Bertz CT molecular complexity index is 415. The number of furan rings is 1. The van der Waals surface area contributed by atoms with Crippen molar-refractivity contribution in [2.24, 2.45) is 5.73 Å². The maximum absolute atomic E-state index is 5.77. The van der Waals surface area contributed by atoms with E-state index in [4.69, 9.17) is 15.0 Å². The molecule has 0 aromatic carbocycles. The van der Waals surface area contributed by atoms with Crippen molar-refractivity contribution in [3.05, 3.63) is 29.7 Å². The van der Waals surface area contributed by atoms with E-state index in [2.05, 4.69) is 20.8 Å². The first-order chi connectivity index (χ1) is 7.38. The van der Waals surface area contributed by atoms with Crippen LogP contribution in [0.2, 0.25) is 0 Å². The van der Waals surface area contributed by atoms with Crippen LogP contribution in [0, 0.1) is 6.92 Å². The fourth-order valence-corrected chi connectivity index (χ4v) is 1.71. The molecule has 0 radical (unpaired) electrons. The topological polar surface area (TPSA) is 51.6 Å². The molecule has 0 spiro atoms. The van der Waals surface area contributed by atoms with Gasteiger partial charge < -0.3 is 10.2 Å². The first-order valence-corrected chi connectivity index (χ1v) is 5.39. The fourth-order valence-electron chi connectivity index (χ4n) is 1.71. The molecule has 4 heteroatoms. The molecule has 0 fully saturated rings. The van der Waals surface area contributed by atoms with Crippen LogP contribution in [-0.4, -0.2) is 16.8 Å². The predicted octanol–water partition coefficient (Wildman–Crippen LogP) is 2.26. The number of hydrogen-bond donors (Lipinski definition) is 1. The smallest absolute Gasteiger partial charge is 0.155 e. The molecule has 1 aromatic rings.